The summed E-state index contributed by atoms with van der Waals surface area (Å²) in [6, 6.07) is 5.76. The molecular formula is C9H11Cl3NOSTe+. The van der Waals surface area contributed by atoms with Gasteiger partial charge in [-0.2, -0.15) is 0 Å². The van der Waals surface area contributed by atoms with E-state index in [1.54, 1.807) is 18.7 Å². The van der Waals surface area contributed by atoms with Crippen LogP contribution >= 0.6 is 38.7 Å². The molecule has 0 aromatic heterocycles. The molecule has 0 radical (unpaired) electrons. The number of benzene rings is 1. The monoisotopic (exact) mass is 416 g/mol. The second-order valence-corrected chi connectivity index (χ2v) is 26.9. The molecule has 0 atom stereocenters. The van der Waals surface area contributed by atoms with Crippen molar-refractivity contribution in [2.75, 3.05) is 6.26 Å². The Balaban J connectivity index is 2.67. The third-order valence-electron chi connectivity index (χ3n) is 2.17. The topological polar surface area (TPSA) is 23.2 Å². The van der Waals surface area contributed by atoms with Crippen LogP contribution < -0.4 is 8.60 Å². The molecule has 90 valence electrons. The van der Waals surface area contributed by atoms with E-state index in [1.807, 2.05) is 24.5 Å². The Labute approximate surface area is 111 Å². The Morgan fingerprint density at radius 3 is 2.62 bits per heavy atom. The summed E-state index contributed by atoms with van der Waals surface area (Å²) in [4.78, 5) is 4.21. The van der Waals surface area contributed by atoms with Gasteiger partial charge in [0.1, 0.15) is 0 Å². The van der Waals surface area contributed by atoms with Gasteiger partial charge in [-0.3, -0.25) is 0 Å². The first-order chi connectivity index (χ1) is 7.30. The first-order valence-electron chi connectivity index (χ1n) is 4.47. The number of nitrogens with one attached hydrogen (secondary N) is 1. The van der Waals surface area contributed by atoms with Gasteiger partial charge in [0.15, 0.2) is 0 Å². The van der Waals surface area contributed by atoms with Crippen LogP contribution in [0.25, 0.3) is 0 Å². The Morgan fingerprint density at radius 2 is 2.00 bits per heavy atom. The van der Waals surface area contributed by atoms with Gasteiger partial charge in [0.2, 0.25) is 0 Å². The molecule has 1 aromatic carbocycles. The molecule has 2 nitrogen and oxygen atoms in total. The van der Waals surface area contributed by atoms with Crippen molar-refractivity contribution in [1.29, 1.82) is 0 Å². The van der Waals surface area contributed by atoms with Crippen LogP contribution in [0.3, 0.4) is 0 Å². The molecule has 0 spiro atoms. The third kappa shape index (κ3) is 2.43. The van der Waals surface area contributed by atoms with Crippen LogP contribution in [-0.2, 0) is 3.10 Å². The zero-order valence-corrected chi connectivity index (χ0v) is 14.3. The summed E-state index contributed by atoms with van der Waals surface area (Å²) in [5, 5.41) is 0. The summed E-state index contributed by atoms with van der Waals surface area (Å²) in [5.41, 5.74) is 0.845. The maximum atomic E-state index is 6.29. The summed E-state index contributed by atoms with van der Waals surface area (Å²) in [5.74, 6) is 0.549. The standard InChI is InChI=1S/C9H10Cl3NOSTe/c1-6-13-8-5-7(15-2)3-4-9(8)16(10,11,12)14-6/h3-5,16H,1-2H3/p+1. The molecule has 1 N–H and O–H groups in total. The average Bonchev–Trinajstić information content (AvgIpc) is 2.13. The van der Waals surface area contributed by atoms with Gasteiger partial charge in [0, 0.05) is 0 Å². The Hall–Kier alpha value is 0.700. The first kappa shape index (κ1) is 13.1. The van der Waals surface area contributed by atoms with E-state index in [-0.39, 0.29) is 0 Å². The van der Waals surface area contributed by atoms with Gasteiger partial charge in [-0.1, -0.05) is 0 Å². The predicted octanol–water partition coefficient (Wildman–Crippen LogP) is 1.61. The van der Waals surface area contributed by atoms with Crippen LogP contribution in [0.1, 0.15) is 6.92 Å². The van der Waals surface area contributed by atoms with Crippen molar-refractivity contribution in [3.05, 3.63) is 18.2 Å². The fraction of sp³-hybridized carbons (Fsp3) is 0.222. The number of rotatable bonds is 1. The molecule has 1 aromatic rings. The van der Waals surface area contributed by atoms with Gasteiger partial charge in [-0.25, -0.2) is 0 Å². The second-order valence-electron chi connectivity index (χ2n) is 3.40. The van der Waals surface area contributed by atoms with E-state index in [1.165, 1.54) is 0 Å². The molecule has 0 unspecified atom stereocenters. The molecule has 1 aliphatic heterocycles. The molecule has 0 amide bonds. The molecule has 7 heteroatoms. The van der Waals surface area contributed by atoms with Gasteiger partial charge in [0.05, 0.1) is 0 Å². The van der Waals surface area contributed by atoms with E-state index in [9.17, 15) is 0 Å². The molecular weight excluding hydrogens is 404 g/mol. The van der Waals surface area contributed by atoms with Gasteiger partial charge in [-0.05, 0) is 0 Å². The Bertz CT molecular complexity index is 483. The van der Waals surface area contributed by atoms with Crippen molar-refractivity contribution in [3.8, 4) is 0 Å². The van der Waals surface area contributed by atoms with Crippen molar-refractivity contribution in [2.24, 2.45) is 0 Å². The summed E-state index contributed by atoms with van der Waals surface area (Å²) in [6.07, 6.45) is 2.01. The molecule has 0 aliphatic carbocycles. The van der Waals surface area contributed by atoms with Crippen LogP contribution in [0.4, 0.5) is 5.69 Å². The minimum atomic E-state index is -4.61. The summed E-state index contributed by atoms with van der Waals surface area (Å²) in [6.45, 7) is 1.76. The van der Waals surface area contributed by atoms with Crippen molar-refractivity contribution in [3.63, 3.8) is 0 Å². The molecule has 1 aliphatic rings. The van der Waals surface area contributed by atoms with Crippen LogP contribution in [-0.4, -0.2) is 26.0 Å². The quantitative estimate of drug-likeness (QED) is 0.557. The normalized spacial score (nSPS) is 23.3. The van der Waals surface area contributed by atoms with E-state index in [0.717, 1.165) is 10.6 Å². The maximum absolute atomic E-state index is 6.29. The molecule has 0 bridgehead atoms. The molecule has 0 saturated carbocycles. The van der Waals surface area contributed by atoms with Gasteiger partial charge < -0.3 is 0 Å². The van der Waals surface area contributed by atoms with Crippen LogP contribution in [0.5, 0.6) is 0 Å². The second kappa shape index (κ2) is 4.12. The minimum absolute atomic E-state index is 0.549. The molecule has 0 fully saturated rings. The third-order valence-corrected chi connectivity index (χ3v) is 12.8. The van der Waals surface area contributed by atoms with Crippen molar-refractivity contribution in [1.82, 2.24) is 0 Å². The van der Waals surface area contributed by atoms with Crippen molar-refractivity contribution >= 4 is 67.7 Å². The number of halogens is 3. The van der Waals surface area contributed by atoms with Crippen LogP contribution in [0.2, 0.25) is 0 Å². The van der Waals surface area contributed by atoms with Crippen LogP contribution in [0, 0.1) is 0 Å². The fourth-order valence-electron chi connectivity index (χ4n) is 1.53. The summed E-state index contributed by atoms with van der Waals surface area (Å²) < 4.78 is 6.15. The van der Waals surface area contributed by atoms with Gasteiger partial charge in [-0.15, -0.1) is 0 Å². The van der Waals surface area contributed by atoms with Gasteiger partial charge in [0.25, 0.3) is 0 Å². The van der Waals surface area contributed by atoms with E-state index in [0.29, 0.717) is 9.51 Å². The molecule has 16 heavy (non-hydrogen) atoms. The summed E-state index contributed by atoms with van der Waals surface area (Å²) in [7, 11) is 18.9. The predicted molar refractivity (Wildman–Crippen MR) is 75.0 cm³/mol. The number of fused-ring (bicyclic) bond motifs is 1. The fourth-order valence-corrected chi connectivity index (χ4v) is 11.0. The summed E-state index contributed by atoms with van der Waals surface area (Å²) >= 11 is -2.96. The van der Waals surface area contributed by atoms with Crippen molar-refractivity contribution < 1.29 is 8.09 Å². The SMILES string of the molecule is CSc1ccc2c(c1)[NH+]=C(C)O[TeH]2(Cl)(Cl)Cl. The zero-order chi connectivity index (χ0) is 12.0. The number of thioether (sulfide) groups is 1. The molecule has 2 rings (SSSR count). The average molecular weight is 415 g/mol. The van der Waals surface area contributed by atoms with E-state index >= 15 is 0 Å². The van der Waals surface area contributed by atoms with Gasteiger partial charge >= 0.3 is 112 Å². The number of hydrogen-bond acceptors (Lipinski definition) is 2. The van der Waals surface area contributed by atoms with Crippen LogP contribution in [0.15, 0.2) is 23.1 Å². The first-order valence-corrected chi connectivity index (χ1v) is 17.7. The van der Waals surface area contributed by atoms with E-state index in [2.05, 4.69) is 4.99 Å². The number of hydrogen-bond donors (Lipinski definition) is 1. The molecule has 1 heterocycles. The van der Waals surface area contributed by atoms with E-state index in [4.69, 9.17) is 30.0 Å². The van der Waals surface area contributed by atoms with E-state index < -0.39 is 13.9 Å². The van der Waals surface area contributed by atoms with Crippen molar-refractivity contribution in [2.45, 2.75) is 11.8 Å². The zero-order valence-electron chi connectivity index (χ0n) is 8.63. The Kier molecular flexibility index (Phi) is 3.38. The molecule has 0 saturated heterocycles. The Morgan fingerprint density at radius 1 is 1.31 bits per heavy atom.